The molecule has 1 unspecified atom stereocenters. The van der Waals surface area contributed by atoms with Crippen LogP contribution in [0.2, 0.25) is 0 Å². The summed E-state index contributed by atoms with van der Waals surface area (Å²) in [4.78, 5) is 0. The van der Waals surface area contributed by atoms with E-state index in [0.717, 1.165) is 5.92 Å². The summed E-state index contributed by atoms with van der Waals surface area (Å²) in [6.45, 7) is 2.33. The van der Waals surface area contributed by atoms with Gasteiger partial charge in [-0.3, -0.25) is 11.3 Å². The molecule has 0 aliphatic heterocycles. The van der Waals surface area contributed by atoms with Gasteiger partial charge in [-0.1, -0.05) is 50.5 Å². The van der Waals surface area contributed by atoms with Gasteiger partial charge in [0.15, 0.2) is 0 Å². The van der Waals surface area contributed by atoms with Gasteiger partial charge in [0.05, 0.1) is 6.04 Å². The van der Waals surface area contributed by atoms with E-state index in [2.05, 4.69) is 36.6 Å². The first-order valence-electron chi connectivity index (χ1n) is 8.35. The third-order valence-electron chi connectivity index (χ3n) is 5.93. The Hall–Kier alpha value is -0.860. The zero-order valence-electron chi connectivity index (χ0n) is 12.7. The molecule has 2 aliphatic carbocycles. The van der Waals surface area contributed by atoms with Gasteiger partial charge in [0.1, 0.15) is 0 Å². The zero-order chi connectivity index (χ0) is 14.0. The number of benzene rings is 1. The maximum absolute atomic E-state index is 6.02. The van der Waals surface area contributed by atoms with Crippen LogP contribution in [0.25, 0.3) is 0 Å². The highest BCUT2D eigenvalue weighted by Crippen LogP contribution is 2.51. The highest BCUT2D eigenvalue weighted by Gasteiger charge is 2.41. The van der Waals surface area contributed by atoms with Crippen LogP contribution in [0.3, 0.4) is 0 Å². The van der Waals surface area contributed by atoms with Gasteiger partial charge in [-0.05, 0) is 54.6 Å². The van der Waals surface area contributed by atoms with Crippen molar-refractivity contribution in [3.8, 4) is 0 Å². The molecule has 0 spiro atoms. The van der Waals surface area contributed by atoms with Crippen molar-refractivity contribution in [2.75, 3.05) is 0 Å². The largest absolute Gasteiger partial charge is 0.271 e. The molecular weight excluding hydrogens is 244 g/mol. The van der Waals surface area contributed by atoms with Crippen LogP contribution in [0.15, 0.2) is 24.3 Å². The number of hydrogen-bond acceptors (Lipinski definition) is 2. The van der Waals surface area contributed by atoms with E-state index in [1.54, 1.807) is 5.56 Å². The van der Waals surface area contributed by atoms with Crippen LogP contribution in [0.5, 0.6) is 0 Å². The molecule has 2 nitrogen and oxygen atoms in total. The Kier molecular flexibility index (Phi) is 4.13. The molecular formula is C18H28N2. The van der Waals surface area contributed by atoms with Gasteiger partial charge in [-0.2, -0.15) is 0 Å². The fourth-order valence-electron chi connectivity index (χ4n) is 4.39. The lowest BCUT2D eigenvalue weighted by atomic mass is 9.69. The molecule has 0 aromatic heterocycles. The van der Waals surface area contributed by atoms with Crippen molar-refractivity contribution in [2.24, 2.45) is 11.3 Å². The lowest BCUT2D eigenvalue weighted by Crippen LogP contribution is -2.40. The third kappa shape index (κ3) is 2.29. The highest BCUT2D eigenvalue weighted by molar-refractivity contribution is 5.35. The first-order valence-corrected chi connectivity index (χ1v) is 8.35. The number of nitrogens with two attached hydrogens (primary N) is 1. The molecule has 0 radical (unpaired) electrons. The van der Waals surface area contributed by atoms with Gasteiger partial charge < -0.3 is 0 Å². The van der Waals surface area contributed by atoms with Crippen LogP contribution in [-0.4, -0.2) is 0 Å². The summed E-state index contributed by atoms with van der Waals surface area (Å²) in [6, 6.07) is 9.35. The molecule has 3 N–H and O–H groups in total. The molecule has 110 valence electrons. The quantitative estimate of drug-likeness (QED) is 0.614. The second-order valence-corrected chi connectivity index (χ2v) is 6.78. The molecule has 1 atom stereocenters. The van der Waals surface area contributed by atoms with Gasteiger partial charge in [-0.25, -0.2) is 0 Å². The van der Waals surface area contributed by atoms with Crippen LogP contribution in [0.1, 0.15) is 81.4 Å². The summed E-state index contributed by atoms with van der Waals surface area (Å²) in [5, 5.41) is 0. The summed E-state index contributed by atoms with van der Waals surface area (Å²) < 4.78 is 0. The molecule has 0 saturated heterocycles. The van der Waals surface area contributed by atoms with Crippen LogP contribution in [-0.2, 0) is 0 Å². The monoisotopic (exact) mass is 272 g/mol. The second-order valence-electron chi connectivity index (χ2n) is 6.78. The maximum atomic E-state index is 6.02. The third-order valence-corrected chi connectivity index (χ3v) is 5.93. The van der Waals surface area contributed by atoms with E-state index in [1.165, 1.54) is 56.9 Å². The van der Waals surface area contributed by atoms with E-state index in [1.807, 2.05) is 0 Å². The molecule has 2 aliphatic rings. The van der Waals surface area contributed by atoms with E-state index >= 15 is 0 Å². The maximum Gasteiger partial charge on any atom is 0.0518 e. The van der Waals surface area contributed by atoms with Gasteiger partial charge in [-0.15, -0.1) is 0 Å². The standard InChI is InChI=1S/C18H28N2/c1-2-18(12-5-6-13-18)17(20-19)16-11-4-3-10-15(16)14-8-7-9-14/h3-4,10-11,14,17,20H,2,5-9,12-13,19H2,1H3. The lowest BCUT2D eigenvalue weighted by Gasteiger charge is -2.39. The van der Waals surface area contributed by atoms with E-state index in [4.69, 9.17) is 5.84 Å². The minimum Gasteiger partial charge on any atom is -0.271 e. The Morgan fingerprint density at radius 2 is 1.90 bits per heavy atom. The number of hydrazine groups is 1. The van der Waals surface area contributed by atoms with Crippen molar-refractivity contribution >= 4 is 0 Å². The summed E-state index contributed by atoms with van der Waals surface area (Å²) in [6.07, 6.45) is 10.7. The van der Waals surface area contributed by atoms with Crippen LogP contribution >= 0.6 is 0 Å². The van der Waals surface area contributed by atoms with Crippen molar-refractivity contribution in [1.82, 2.24) is 5.43 Å². The van der Waals surface area contributed by atoms with Crippen molar-refractivity contribution in [2.45, 2.75) is 70.3 Å². The van der Waals surface area contributed by atoms with E-state index in [9.17, 15) is 0 Å². The fraction of sp³-hybridized carbons (Fsp3) is 0.667. The number of nitrogens with one attached hydrogen (secondary N) is 1. The average molecular weight is 272 g/mol. The second kappa shape index (κ2) is 5.87. The topological polar surface area (TPSA) is 38.0 Å². The van der Waals surface area contributed by atoms with Gasteiger partial charge in [0.2, 0.25) is 0 Å². The van der Waals surface area contributed by atoms with E-state index in [0.29, 0.717) is 11.5 Å². The smallest absolute Gasteiger partial charge is 0.0518 e. The Morgan fingerprint density at radius 3 is 2.45 bits per heavy atom. The predicted octanol–water partition coefficient (Wildman–Crippen LogP) is 4.43. The van der Waals surface area contributed by atoms with Gasteiger partial charge in [0.25, 0.3) is 0 Å². The van der Waals surface area contributed by atoms with Crippen molar-refractivity contribution < 1.29 is 0 Å². The average Bonchev–Trinajstić information content (AvgIpc) is 2.89. The zero-order valence-corrected chi connectivity index (χ0v) is 12.7. The summed E-state index contributed by atoms with van der Waals surface area (Å²) in [7, 11) is 0. The SMILES string of the molecule is CCC1(C(NN)c2ccccc2C2CCC2)CCCC1. The molecule has 0 bridgehead atoms. The van der Waals surface area contributed by atoms with Crippen LogP contribution in [0.4, 0.5) is 0 Å². The Bertz CT molecular complexity index is 444. The normalized spacial score (nSPS) is 23.5. The Balaban J connectivity index is 1.96. The summed E-state index contributed by atoms with van der Waals surface area (Å²) in [5.74, 6) is 6.80. The number of rotatable bonds is 5. The Morgan fingerprint density at radius 1 is 1.20 bits per heavy atom. The highest BCUT2D eigenvalue weighted by atomic mass is 15.2. The van der Waals surface area contributed by atoms with Crippen LogP contribution in [0, 0.1) is 5.41 Å². The van der Waals surface area contributed by atoms with E-state index < -0.39 is 0 Å². The summed E-state index contributed by atoms with van der Waals surface area (Å²) >= 11 is 0. The lowest BCUT2D eigenvalue weighted by molar-refractivity contribution is 0.186. The molecule has 2 saturated carbocycles. The van der Waals surface area contributed by atoms with Crippen molar-refractivity contribution in [3.05, 3.63) is 35.4 Å². The molecule has 0 amide bonds. The fourth-order valence-corrected chi connectivity index (χ4v) is 4.39. The molecule has 20 heavy (non-hydrogen) atoms. The molecule has 1 aromatic carbocycles. The molecule has 2 fully saturated rings. The van der Waals surface area contributed by atoms with Crippen molar-refractivity contribution in [3.63, 3.8) is 0 Å². The van der Waals surface area contributed by atoms with Gasteiger partial charge >= 0.3 is 0 Å². The first kappa shape index (κ1) is 14.1. The minimum atomic E-state index is 0.326. The van der Waals surface area contributed by atoms with Crippen molar-refractivity contribution in [1.29, 1.82) is 0 Å². The minimum absolute atomic E-state index is 0.326. The molecule has 0 heterocycles. The van der Waals surface area contributed by atoms with Gasteiger partial charge in [0, 0.05) is 0 Å². The molecule has 3 rings (SSSR count). The molecule has 1 aromatic rings. The number of hydrogen-bond donors (Lipinski definition) is 2. The van der Waals surface area contributed by atoms with E-state index in [-0.39, 0.29) is 0 Å². The molecule has 2 heteroatoms. The first-order chi connectivity index (χ1) is 9.80. The Labute approximate surface area is 123 Å². The van der Waals surface area contributed by atoms with Crippen LogP contribution < -0.4 is 11.3 Å². The summed E-state index contributed by atoms with van der Waals surface area (Å²) in [5.41, 5.74) is 6.60. The predicted molar refractivity (Wildman–Crippen MR) is 84.3 cm³/mol.